The van der Waals surface area contributed by atoms with Crippen LogP contribution in [0.2, 0.25) is 0 Å². The first-order valence-electron chi connectivity index (χ1n) is 5.11. The molecule has 19 heavy (non-hydrogen) atoms. The normalized spacial score (nSPS) is 12.5. The van der Waals surface area contributed by atoms with Crippen LogP contribution in [0.25, 0.3) is 0 Å². The molecule has 0 saturated heterocycles. The summed E-state index contributed by atoms with van der Waals surface area (Å²) in [5.41, 5.74) is 5.85. The van der Waals surface area contributed by atoms with Crippen molar-refractivity contribution in [3.05, 3.63) is 23.8 Å². The third-order valence-electron chi connectivity index (χ3n) is 2.22. The van der Waals surface area contributed by atoms with E-state index in [-0.39, 0.29) is 29.2 Å². The van der Waals surface area contributed by atoms with Gasteiger partial charge >= 0.3 is 0 Å². The molecule has 1 aromatic carbocycles. The van der Waals surface area contributed by atoms with Crippen molar-refractivity contribution in [3.8, 4) is 0 Å². The topological polar surface area (TPSA) is 147 Å². The molecule has 0 spiro atoms. The third-order valence-corrected chi connectivity index (χ3v) is 3.88. The monoisotopic (exact) mass is 310 g/mol. The second-order valence-electron chi connectivity index (χ2n) is 3.81. The van der Waals surface area contributed by atoms with Crippen LogP contribution >= 0.6 is 0 Å². The molecular formula is C9H14N2O6S2. The van der Waals surface area contributed by atoms with Crippen molar-refractivity contribution in [2.24, 2.45) is 0 Å². The molecule has 0 unspecified atom stereocenters. The number of rotatable bonds is 6. The summed E-state index contributed by atoms with van der Waals surface area (Å²) in [7, 11) is -8.48. The van der Waals surface area contributed by atoms with Crippen LogP contribution in [0.4, 0.5) is 5.69 Å². The maximum atomic E-state index is 11.1. The predicted molar refractivity (Wildman–Crippen MR) is 68.8 cm³/mol. The molecule has 5 N–H and O–H groups in total. The Morgan fingerprint density at radius 3 is 2.32 bits per heavy atom. The van der Waals surface area contributed by atoms with Gasteiger partial charge in [-0.15, -0.1) is 0 Å². The highest BCUT2D eigenvalue weighted by Gasteiger charge is 2.15. The Balaban J connectivity index is 2.79. The number of nitrogen functional groups attached to an aromatic ring is 1. The Bertz CT molecular complexity index is 653. The van der Waals surface area contributed by atoms with Gasteiger partial charge in [-0.25, -0.2) is 0 Å². The van der Waals surface area contributed by atoms with Crippen LogP contribution in [0.15, 0.2) is 23.1 Å². The Morgan fingerprint density at radius 2 is 1.79 bits per heavy atom. The number of hydrogen-bond donors (Lipinski definition) is 4. The second-order valence-corrected chi connectivity index (χ2v) is 6.77. The molecule has 0 aliphatic carbocycles. The van der Waals surface area contributed by atoms with Gasteiger partial charge in [0.2, 0.25) is 0 Å². The highest BCUT2D eigenvalue weighted by atomic mass is 32.2. The van der Waals surface area contributed by atoms with Crippen molar-refractivity contribution in [2.45, 2.75) is 11.4 Å². The lowest BCUT2D eigenvalue weighted by Gasteiger charge is -2.09. The van der Waals surface area contributed by atoms with Crippen LogP contribution in [0.3, 0.4) is 0 Å². The molecule has 0 aromatic heterocycles. The van der Waals surface area contributed by atoms with Gasteiger partial charge in [-0.2, -0.15) is 16.8 Å². The number of benzene rings is 1. The quantitative estimate of drug-likeness (QED) is 0.312. The minimum Gasteiger partial charge on any atom is -0.399 e. The summed E-state index contributed by atoms with van der Waals surface area (Å²) in [6.45, 7) is -0.0565. The Labute approximate surface area is 111 Å². The Kier molecular flexibility index (Phi) is 4.87. The average Bonchev–Trinajstić information content (AvgIpc) is 2.23. The summed E-state index contributed by atoms with van der Waals surface area (Å²) in [6.07, 6.45) is 0. The number of nitrogens with two attached hydrogens (primary N) is 1. The first kappa shape index (κ1) is 15.9. The maximum absolute atomic E-state index is 11.1. The molecule has 8 nitrogen and oxygen atoms in total. The minimum atomic E-state index is -4.41. The highest BCUT2D eigenvalue weighted by Crippen LogP contribution is 2.18. The van der Waals surface area contributed by atoms with Gasteiger partial charge in [-0.05, 0) is 17.7 Å². The minimum absolute atomic E-state index is 0.00488. The fourth-order valence-electron chi connectivity index (χ4n) is 1.38. The van der Waals surface area contributed by atoms with Gasteiger partial charge in [0.15, 0.2) is 0 Å². The van der Waals surface area contributed by atoms with Crippen molar-refractivity contribution in [3.63, 3.8) is 0 Å². The largest absolute Gasteiger partial charge is 0.399 e. The summed E-state index contributed by atoms with van der Waals surface area (Å²) in [6, 6.07) is 3.96. The fraction of sp³-hybridized carbons (Fsp3) is 0.333. The van der Waals surface area contributed by atoms with E-state index in [0.717, 1.165) is 6.07 Å². The van der Waals surface area contributed by atoms with E-state index in [1.54, 1.807) is 0 Å². The molecule has 0 heterocycles. The average molecular weight is 310 g/mol. The van der Waals surface area contributed by atoms with Gasteiger partial charge in [-0.3, -0.25) is 9.11 Å². The second kappa shape index (κ2) is 5.84. The van der Waals surface area contributed by atoms with Gasteiger partial charge < -0.3 is 11.1 Å². The van der Waals surface area contributed by atoms with Crippen LogP contribution < -0.4 is 11.1 Å². The zero-order valence-corrected chi connectivity index (χ0v) is 11.4. The Hall–Kier alpha value is -1.20. The van der Waals surface area contributed by atoms with E-state index in [2.05, 4.69) is 5.32 Å². The summed E-state index contributed by atoms with van der Waals surface area (Å²) in [5.74, 6) is -0.497. The van der Waals surface area contributed by atoms with Crippen molar-refractivity contribution in [1.29, 1.82) is 0 Å². The fourth-order valence-corrected chi connectivity index (χ4v) is 2.54. The number of anilines is 1. The zero-order chi connectivity index (χ0) is 14.7. The lowest BCUT2D eigenvalue weighted by Crippen LogP contribution is -2.23. The SMILES string of the molecule is Nc1ccc(CNCCS(=O)(=O)O)c(S(=O)(=O)O)c1. The molecule has 108 valence electrons. The third kappa shape index (κ3) is 5.53. The van der Waals surface area contributed by atoms with E-state index < -0.39 is 26.0 Å². The lowest BCUT2D eigenvalue weighted by molar-refractivity contribution is 0.476. The van der Waals surface area contributed by atoms with Gasteiger partial charge in [0, 0.05) is 18.8 Å². The van der Waals surface area contributed by atoms with Crippen molar-refractivity contribution in [1.82, 2.24) is 5.32 Å². The van der Waals surface area contributed by atoms with Crippen LogP contribution in [0, 0.1) is 0 Å². The van der Waals surface area contributed by atoms with Gasteiger partial charge in [0.25, 0.3) is 20.2 Å². The maximum Gasteiger partial charge on any atom is 0.294 e. The smallest absolute Gasteiger partial charge is 0.294 e. The van der Waals surface area contributed by atoms with Crippen molar-refractivity contribution in [2.75, 3.05) is 18.0 Å². The molecule has 10 heteroatoms. The molecule has 0 aliphatic rings. The van der Waals surface area contributed by atoms with E-state index in [4.69, 9.17) is 14.8 Å². The molecule has 0 saturated carbocycles. The van der Waals surface area contributed by atoms with Crippen LogP contribution in [0.5, 0.6) is 0 Å². The molecule has 0 aliphatic heterocycles. The summed E-state index contributed by atoms with van der Waals surface area (Å²) >= 11 is 0. The molecule has 1 rings (SSSR count). The highest BCUT2D eigenvalue weighted by molar-refractivity contribution is 7.86. The molecule has 0 radical (unpaired) electrons. The van der Waals surface area contributed by atoms with Crippen LogP contribution in [-0.4, -0.2) is 38.2 Å². The molecule has 0 amide bonds. The van der Waals surface area contributed by atoms with Crippen LogP contribution in [-0.2, 0) is 26.8 Å². The van der Waals surface area contributed by atoms with E-state index in [1.165, 1.54) is 12.1 Å². The van der Waals surface area contributed by atoms with Crippen LogP contribution in [0.1, 0.15) is 5.56 Å². The number of hydrogen-bond acceptors (Lipinski definition) is 6. The molecule has 0 bridgehead atoms. The summed E-state index contributed by atoms with van der Waals surface area (Å²) in [4.78, 5) is -0.341. The van der Waals surface area contributed by atoms with E-state index in [1.807, 2.05) is 0 Å². The predicted octanol–water partition coefficient (Wildman–Crippen LogP) is -0.507. The van der Waals surface area contributed by atoms with Gasteiger partial charge in [-0.1, -0.05) is 6.07 Å². The van der Waals surface area contributed by atoms with E-state index >= 15 is 0 Å². The van der Waals surface area contributed by atoms with Crippen molar-refractivity contribution >= 4 is 25.9 Å². The molecule has 0 fully saturated rings. The van der Waals surface area contributed by atoms with E-state index in [0.29, 0.717) is 0 Å². The van der Waals surface area contributed by atoms with Gasteiger partial charge in [0.1, 0.15) is 4.90 Å². The first-order valence-corrected chi connectivity index (χ1v) is 8.16. The lowest BCUT2D eigenvalue weighted by atomic mass is 10.2. The molecular weight excluding hydrogens is 296 g/mol. The summed E-state index contributed by atoms with van der Waals surface area (Å²) in [5, 5.41) is 2.63. The van der Waals surface area contributed by atoms with E-state index in [9.17, 15) is 16.8 Å². The molecule has 0 atom stereocenters. The standard InChI is InChI=1S/C9H14N2O6S2/c10-8-2-1-7(9(5-8)19(15,16)17)6-11-3-4-18(12,13)14/h1-2,5,11H,3-4,6,10H2,(H,12,13,14)(H,15,16,17). The van der Waals surface area contributed by atoms with Crippen molar-refractivity contribution < 1.29 is 25.9 Å². The first-order chi connectivity index (χ1) is 8.59. The van der Waals surface area contributed by atoms with Gasteiger partial charge in [0.05, 0.1) is 5.75 Å². The molecule has 1 aromatic rings. The number of nitrogens with one attached hydrogen (secondary N) is 1. The zero-order valence-electron chi connectivity index (χ0n) is 9.77. The summed E-state index contributed by atoms with van der Waals surface area (Å²) < 4.78 is 60.8. The Morgan fingerprint density at radius 1 is 1.16 bits per heavy atom.